The molecule has 1 atom stereocenters. The Morgan fingerprint density at radius 3 is 2.74 bits per heavy atom. The standard InChI is InChI=1S/C16H17NOS/c1-16(10-9-12-6-5-11-19-12)13-7-3-4-8-14(13)17(2)15(16)18/h3-8,11H,9-10H2,1-2H3. The number of carbonyl (C=O) groups excluding carboxylic acids is 1. The van der Waals surface area contributed by atoms with E-state index in [9.17, 15) is 4.79 Å². The summed E-state index contributed by atoms with van der Waals surface area (Å²) in [7, 11) is 1.87. The number of thiophene rings is 1. The topological polar surface area (TPSA) is 20.3 Å². The quantitative estimate of drug-likeness (QED) is 0.835. The van der Waals surface area contributed by atoms with Crippen molar-refractivity contribution >= 4 is 22.9 Å². The van der Waals surface area contributed by atoms with Gasteiger partial charge in [-0.2, -0.15) is 0 Å². The van der Waals surface area contributed by atoms with Gasteiger partial charge in [0.1, 0.15) is 0 Å². The predicted octanol–water partition coefficient (Wildman–Crippen LogP) is 3.62. The minimum absolute atomic E-state index is 0.213. The zero-order valence-electron chi connectivity index (χ0n) is 11.2. The number of likely N-dealkylation sites (N-methyl/N-ethyl adjacent to an activating group) is 1. The van der Waals surface area contributed by atoms with Gasteiger partial charge in [-0.3, -0.25) is 4.79 Å². The van der Waals surface area contributed by atoms with E-state index in [4.69, 9.17) is 0 Å². The van der Waals surface area contributed by atoms with Crippen molar-refractivity contribution in [2.75, 3.05) is 11.9 Å². The Morgan fingerprint density at radius 2 is 2.00 bits per heavy atom. The van der Waals surface area contributed by atoms with Crippen molar-refractivity contribution in [3.05, 3.63) is 52.2 Å². The molecule has 19 heavy (non-hydrogen) atoms. The summed E-state index contributed by atoms with van der Waals surface area (Å²) in [6.07, 6.45) is 1.83. The molecule has 2 heterocycles. The molecule has 0 saturated heterocycles. The van der Waals surface area contributed by atoms with Crippen molar-refractivity contribution in [2.24, 2.45) is 0 Å². The largest absolute Gasteiger partial charge is 0.314 e. The number of aryl methyl sites for hydroxylation is 1. The summed E-state index contributed by atoms with van der Waals surface area (Å²) in [5, 5.41) is 2.09. The lowest BCUT2D eigenvalue weighted by Crippen LogP contribution is -2.36. The van der Waals surface area contributed by atoms with E-state index in [1.807, 2.05) is 25.2 Å². The number of hydrogen-bond acceptors (Lipinski definition) is 2. The fourth-order valence-electron chi connectivity index (χ4n) is 2.90. The van der Waals surface area contributed by atoms with Crippen LogP contribution in [-0.4, -0.2) is 13.0 Å². The Bertz CT molecular complexity index is 605. The van der Waals surface area contributed by atoms with Gasteiger partial charge in [0.15, 0.2) is 0 Å². The van der Waals surface area contributed by atoms with E-state index >= 15 is 0 Å². The van der Waals surface area contributed by atoms with Crippen molar-refractivity contribution in [3.63, 3.8) is 0 Å². The average Bonchev–Trinajstić information content (AvgIpc) is 3.01. The van der Waals surface area contributed by atoms with Gasteiger partial charge < -0.3 is 4.90 Å². The molecule has 0 N–H and O–H groups in total. The number of para-hydroxylation sites is 1. The third-order valence-electron chi connectivity index (χ3n) is 4.09. The van der Waals surface area contributed by atoms with Gasteiger partial charge >= 0.3 is 0 Å². The first-order chi connectivity index (χ1) is 9.13. The summed E-state index contributed by atoms with van der Waals surface area (Å²) in [6.45, 7) is 2.07. The number of rotatable bonds is 3. The van der Waals surface area contributed by atoms with E-state index in [-0.39, 0.29) is 11.3 Å². The Labute approximate surface area is 117 Å². The third kappa shape index (κ3) is 1.89. The van der Waals surface area contributed by atoms with Crippen LogP contribution in [0.3, 0.4) is 0 Å². The van der Waals surface area contributed by atoms with E-state index < -0.39 is 0 Å². The average molecular weight is 271 g/mol. The Kier molecular flexibility index (Phi) is 2.94. The summed E-state index contributed by atoms with van der Waals surface area (Å²) in [6, 6.07) is 12.3. The molecule has 0 radical (unpaired) electrons. The molecule has 2 aromatic rings. The molecule has 0 saturated carbocycles. The molecule has 1 unspecified atom stereocenters. The van der Waals surface area contributed by atoms with Crippen molar-refractivity contribution in [3.8, 4) is 0 Å². The maximum absolute atomic E-state index is 12.6. The van der Waals surface area contributed by atoms with Crippen LogP contribution in [0, 0.1) is 0 Å². The zero-order chi connectivity index (χ0) is 13.5. The Balaban J connectivity index is 1.92. The number of carbonyl (C=O) groups is 1. The summed E-state index contributed by atoms with van der Waals surface area (Å²) < 4.78 is 0. The van der Waals surface area contributed by atoms with Crippen LogP contribution in [0.5, 0.6) is 0 Å². The van der Waals surface area contributed by atoms with Gasteiger partial charge in [0.2, 0.25) is 5.91 Å². The first-order valence-corrected chi connectivity index (χ1v) is 7.41. The molecule has 1 aliphatic heterocycles. The molecule has 1 amide bonds. The van der Waals surface area contributed by atoms with Crippen LogP contribution < -0.4 is 4.90 Å². The second-order valence-corrected chi connectivity index (χ2v) is 6.33. The van der Waals surface area contributed by atoms with Gasteiger partial charge in [0.25, 0.3) is 0 Å². The van der Waals surface area contributed by atoms with E-state index in [0.29, 0.717) is 0 Å². The Hall–Kier alpha value is -1.61. The molecule has 3 heteroatoms. The van der Waals surface area contributed by atoms with Crippen LogP contribution >= 0.6 is 11.3 Å². The molecule has 1 aliphatic rings. The molecular weight excluding hydrogens is 254 g/mol. The molecule has 1 aromatic carbocycles. The van der Waals surface area contributed by atoms with Gasteiger partial charge in [0.05, 0.1) is 5.41 Å². The highest BCUT2D eigenvalue weighted by Crippen LogP contribution is 2.43. The second kappa shape index (κ2) is 4.49. The first-order valence-electron chi connectivity index (χ1n) is 6.53. The van der Waals surface area contributed by atoms with E-state index in [1.54, 1.807) is 16.2 Å². The van der Waals surface area contributed by atoms with Crippen molar-refractivity contribution in [1.29, 1.82) is 0 Å². The lowest BCUT2D eigenvalue weighted by molar-refractivity contribution is -0.122. The minimum atomic E-state index is -0.380. The van der Waals surface area contributed by atoms with Crippen molar-refractivity contribution in [2.45, 2.75) is 25.2 Å². The van der Waals surface area contributed by atoms with Crippen molar-refractivity contribution < 1.29 is 4.79 Å². The fraction of sp³-hybridized carbons (Fsp3) is 0.312. The maximum Gasteiger partial charge on any atom is 0.237 e. The normalized spacial score (nSPS) is 21.8. The molecule has 0 bridgehead atoms. The molecule has 2 nitrogen and oxygen atoms in total. The smallest absolute Gasteiger partial charge is 0.237 e. The van der Waals surface area contributed by atoms with Gasteiger partial charge in [-0.25, -0.2) is 0 Å². The first kappa shape index (κ1) is 12.4. The van der Waals surface area contributed by atoms with Crippen LogP contribution in [0.15, 0.2) is 41.8 Å². The number of benzene rings is 1. The van der Waals surface area contributed by atoms with Gasteiger partial charge in [-0.15, -0.1) is 11.3 Å². The van der Waals surface area contributed by atoms with E-state index in [0.717, 1.165) is 18.5 Å². The lowest BCUT2D eigenvalue weighted by atomic mass is 9.79. The van der Waals surface area contributed by atoms with Gasteiger partial charge in [-0.1, -0.05) is 24.3 Å². The van der Waals surface area contributed by atoms with Gasteiger partial charge in [0, 0.05) is 17.6 Å². The van der Waals surface area contributed by atoms with Crippen LogP contribution in [-0.2, 0) is 16.6 Å². The van der Waals surface area contributed by atoms with Crippen LogP contribution in [0.4, 0.5) is 5.69 Å². The molecule has 3 rings (SSSR count). The van der Waals surface area contributed by atoms with E-state index in [1.165, 1.54) is 10.4 Å². The van der Waals surface area contributed by atoms with Crippen LogP contribution in [0.1, 0.15) is 23.8 Å². The molecule has 0 fully saturated rings. The lowest BCUT2D eigenvalue weighted by Gasteiger charge is -2.22. The highest BCUT2D eigenvalue weighted by Gasteiger charge is 2.45. The molecule has 0 spiro atoms. The number of hydrogen-bond donors (Lipinski definition) is 0. The van der Waals surface area contributed by atoms with Gasteiger partial charge in [-0.05, 0) is 42.8 Å². The second-order valence-electron chi connectivity index (χ2n) is 5.29. The fourth-order valence-corrected chi connectivity index (χ4v) is 3.61. The SMILES string of the molecule is CN1C(=O)C(C)(CCc2cccs2)c2ccccc21. The molecule has 0 aliphatic carbocycles. The van der Waals surface area contributed by atoms with E-state index in [2.05, 4.69) is 30.5 Å². The summed E-state index contributed by atoms with van der Waals surface area (Å²) in [5.74, 6) is 0.213. The van der Waals surface area contributed by atoms with Crippen molar-refractivity contribution in [1.82, 2.24) is 0 Å². The minimum Gasteiger partial charge on any atom is -0.314 e. The third-order valence-corrected chi connectivity index (χ3v) is 5.02. The monoisotopic (exact) mass is 271 g/mol. The summed E-state index contributed by atoms with van der Waals surface area (Å²) >= 11 is 1.76. The van der Waals surface area contributed by atoms with Crippen LogP contribution in [0.25, 0.3) is 0 Å². The molecule has 98 valence electrons. The highest BCUT2D eigenvalue weighted by atomic mass is 32.1. The zero-order valence-corrected chi connectivity index (χ0v) is 12.0. The number of fused-ring (bicyclic) bond motifs is 1. The number of anilines is 1. The highest BCUT2D eigenvalue weighted by molar-refractivity contribution is 7.09. The summed E-state index contributed by atoms with van der Waals surface area (Å²) in [4.78, 5) is 15.7. The van der Waals surface area contributed by atoms with Crippen LogP contribution in [0.2, 0.25) is 0 Å². The Morgan fingerprint density at radius 1 is 1.21 bits per heavy atom. The molecule has 1 aromatic heterocycles. The number of amides is 1. The maximum atomic E-state index is 12.6. The molecular formula is C16H17NOS. The number of nitrogens with zero attached hydrogens (tertiary/aromatic N) is 1. The predicted molar refractivity (Wildman–Crippen MR) is 79.8 cm³/mol. The summed E-state index contributed by atoms with van der Waals surface area (Å²) in [5.41, 5.74) is 1.84.